The Morgan fingerprint density at radius 2 is 2.04 bits per heavy atom. The number of benzene rings is 1. The van der Waals surface area contributed by atoms with Gasteiger partial charge in [0.1, 0.15) is 19.0 Å². The number of rotatable bonds is 5. The summed E-state index contributed by atoms with van der Waals surface area (Å²) in [5.41, 5.74) is 0. The minimum Gasteiger partial charge on any atom is -0.486 e. The van der Waals surface area contributed by atoms with Gasteiger partial charge >= 0.3 is 0 Å². The summed E-state index contributed by atoms with van der Waals surface area (Å²) in [6.45, 7) is 3.65. The molecular weight excluding hydrogens is 392 g/mol. The maximum absolute atomic E-state index is 12.5. The number of ether oxygens (including phenoxy) is 2. The summed E-state index contributed by atoms with van der Waals surface area (Å²) in [6.07, 6.45) is 1.69. The first-order valence-corrected chi connectivity index (χ1v) is 9.39. The molecular formula is C17H17BrN2O3S. The Bertz CT molecular complexity index is 724. The lowest BCUT2D eigenvalue weighted by Crippen LogP contribution is -2.32. The molecule has 126 valence electrons. The number of hydrogen-bond acceptors (Lipinski definition) is 5. The maximum atomic E-state index is 12.5. The molecule has 0 aliphatic carbocycles. The quantitative estimate of drug-likeness (QED) is 0.704. The fourth-order valence-electron chi connectivity index (χ4n) is 2.33. The van der Waals surface area contributed by atoms with Crippen molar-refractivity contribution in [1.29, 1.82) is 0 Å². The molecule has 1 aliphatic rings. The third-order valence-electron chi connectivity index (χ3n) is 3.48. The van der Waals surface area contributed by atoms with Gasteiger partial charge in [-0.2, -0.15) is 0 Å². The van der Waals surface area contributed by atoms with Gasteiger partial charge in [-0.05, 0) is 53.2 Å². The molecule has 1 aliphatic heterocycles. The van der Waals surface area contributed by atoms with Crippen LogP contribution in [0.1, 0.15) is 6.92 Å². The van der Waals surface area contributed by atoms with Crippen LogP contribution in [-0.2, 0) is 4.79 Å². The maximum Gasteiger partial charge on any atom is 0.238 e. The summed E-state index contributed by atoms with van der Waals surface area (Å²) in [5.74, 6) is 2.51. The molecule has 2 aromatic rings. The van der Waals surface area contributed by atoms with Crippen LogP contribution >= 0.6 is 27.7 Å². The van der Waals surface area contributed by atoms with Crippen LogP contribution in [0.15, 0.2) is 45.9 Å². The Morgan fingerprint density at radius 1 is 1.25 bits per heavy atom. The topological polar surface area (TPSA) is 51.7 Å². The van der Waals surface area contributed by atoms with Crippen molar-refractivity contribution in [2.45, 2.75) is 11.8 Å². The molecule has 0 fully saturated rings. The van der Waals surface area contributed by atoms with Gasteiger partial charge in [0.15, 0.2) is 11.5 Å². The highest BCUT2D eigenvalue weighted by atomic mass is 79.9. The SMILES string of the molecule is CCN(C(=O)CSc1ccc2c(c1)OCCO2)c1ccc(Br)cn1. The van der Waals surface area contributed by atoms with Gasteiger partial charge in [0, 0.05) is 22.1 Å². The number of aromatic nitrogens is 1. The summed E-state index contributed by atoms with van der Waals surface area (Å²) in [5, 5.41) is 0. The van der Waals surface area contributed by atoms with Gasteiger partial charge in [0.25, 0.3) is 0 Å². The third kappa shape index (κ3) is 4.02. The summed E-state index contributed by atoms with van der Waals surface area (Å²) < 4.78 is 12.0. The number of carbonyl (C=O) groups is 1. The summed E-state index contributed by atoms with van der Waals surface area (Å²) in [4.78, 5) is 19.5. The summed E-state index contributed by atoms with van der Waals surface area (Å²) in [6, 6.07) is 9.46. The zero-order chi connectivity index (χ0) is 16.9. The van der Waals surface area contributed by atoms with Gasteiger partial charge in [-0.15, -0.1) is 11.8 Å². The highest BCUT2D eigenvalue weighted by Gasteiger charge is 2.17. The monoisotopic (exact) mass is 408 g/mol. The van der Waals surface area contributed by atoms with Crippen LogP contribution in [0.5, 0.6) is 11.5 Å². The van der Waals surface area contributed by atoms with Gasteiger partial charge in [0.2, 0.25) is 5.91 Å². The van der Waals surface area contributed by atoms with Crippen LogP contribution in [0, 0.1) is 0 Å². The molecule has 0 unspecified atom stereocenters. The summed E-state index contributed by atoms with van der Waals surface area (Å²) >= 11 is 4.83. The van der Waals surface area contributed by atoms with Crippen LogP contribution < -0.4 is 14.4 Å². The smallest absolute Gasteiger partial charge is 0.238 e. The zero-order valence-corrected chi connectivity index (χ0v) is 15.6. The number of thioether (sulfide) groups is 1. The highest BCUT2D eigenvalue weighted by molar-refractivity contribution is 9.10. The average molecular weight is 409 g/mol. The molecule has 1 aromatic heterocycles. The van der Waals surface area contributed by atoms with Crippen LogP contribution in [0.25, 0.3) is 0 Å². The number of amides is 1. The molecule has 2 heterocycles. The van der Waals surface area contributed by atoms with E-state index in [0.717, 1.165) is 20.9 Å². The van der Waals surface area contributed by atoms with Gasteiger partial charge in [-0.25, -0.2) is 4.98 Å². The van der Waals surface area contributed by atoms with Gasteiger partial charge in [-0.3, -0.25) is 9.69 Å². The van der Waals surface area contributed by atoms with Crippen molar-refractivity contribution in [1.82, 2.24) is 4.98 Å². The number of carbonyl (C=O) groups excluding carboxylic acids is 1. The lowest BCUT2D eigenvalue weighted by Gasteiger charge is -2.20. The first kappa shape index (κ1) is 17.1. The van der Waals surface area contributed by atoms with Crippen molar-refractivity contribution < 1.29 is 14.3 Å². The van der Waals surface area contributed by atoms with Crippen molar-refractivity contribution >= 4 is 39.4 Å². The van der Waals surface area contributed by atoms with Crippen LogP contribution in [0.3, 0.4) is 0 Å². The standard InChI is InChI=1S/C17H17BrN2O3S/c1-2-20(16-6-3-12(18)10-19-16)17(21)11-24-13-4-5-14-15(9-13)23-8-7-22-14/h3-6,9-10H,2,7-8,11H2,1H3. The predicted molar refractivity (Wildman–Crippen MR) is 98.1 cm³/mol. The van der Waals surface area contributed by atoms with Gasteiger partial charge < -0.3 is 9.47 Å². The fourth-order valence-corrected chi connectivity index (χ4v) is 3.37. The lowest BCUT2D eigenvalue weighted by atomic mass is 10.3. The van der Waals surface area contributed by atoms with Crippen LogP contribution in [0.2, 0.25) is 0 Å². The first-order chi connectivity index (χ1) is 11.7. The van der Waals surface area contributed by atoms with Crippen molar-refractivity contribution in [3.8, 4) is 11.5 Å². The van der Waals surface area contributed by atoms with E-state index in [2.05, 4.69) is 20.9 Å². The van der Waals surface area contributed by atoms with E-state index in [1.807, 2.05) is 37.3 Å². The molecule has 0 saturated carbocycles. The van der Waals surface area contributed by atoms with Crippen LogP contribution in [0.4, 0.5) is 5.82 Å². The Balaban J connectivity index is 1.64. The van der Waals surface area contributed by atoms with Crippen molar-refractivity contribution in [2.75, 3.05) is 30.4 Å². The van der Waals surface area contributed by atoms with E-state index in [-0.39, 0.29) is 5.91 Å². The van der Waals surface area contributed by atoms with Crippen molar-refractivity contribution in [2.24, 2.45) is 0 Å². The second-order valence-corrected chi connectivity index (χ2v) is 7.03. The number of hydrogen-bond donors (Lipinski definition) is 0. The molecule has 5 nitrogen and oxygen atoms in total. The van der Waals surface area contributed by atoms with E-state index < -0.39 is 0 Å². The minimum atomic E-state index is 0.0206. The number of nitrogens with zero attached hydrogens (tertiary/aromatic N) is 2. The molecule has 0 saturated heterocycles. The zero-order valence-electron chi connectivity index (χ0n) is 13.2. The van der Waals surface area contributed by atoms with E-state index in [1.165, 1.54) is 11.8 Å². The molecule has 0 bridgehead atoms. The molecule has 0 radical (unpaired) electrons. The molecule has 0 N–H and O–H groups in total. The molecule has 3 rings (SSSR count). The average Bonchev–Trinajstić information content (AvgIpc) is 2.62. The van der Waals surface area contributed by atoms with Gasteiger partial charge in [0.05, 0.1) is 5.75 Å². The fraction of sp³-hybridized carbons (Fsp3) is 0.294. The molecule has 24 heavy (non-hydrogen) atoms. The number of halogens is 1. The third-order valence-corrected chi connectivity index (χ3v) is 4.93. The van der Waals surface area contributed by atoms with E-state index in [9.17, 15) is 4.79 Å². The largest absolute Gasteiger partial charge is 0.486 e. The number of anilines is 1. The Labute approximate surface area is 153 Å². The Hall–Kier alpha value is -1.73. The highest BCUT2D eigenvalue weighted by Crippen LogP contribution is 2.34. The van der Waals surface area contributed by atoms with E-state index in [1.54, 1.807) is 11.1 Å². The molecule has 1 aromatic carbocycles. The van der Waals surface area contributed by atoms with Crippen LogP contribution in [-0.4, -0.2) is 36.4 Å². The minimum absolute atomic E-state index is 0.0206. The van der Waals surface area contributed by atoms with E-state index >= 15 is 0 Å². The number of pyridine rings is 1. The van der Waals surface area contributed by atoms with Crippen molar-refractivity contribution in [3.05, 3.63) is 41.0 Å². The first-order valence-electron chi connectivity index (χ1n) is 7.61. The summed E-state index contributed by atoms with van der Waals surface area (Å²) in [7, 11) is 0. The molecule has 7 heteroatoms. The molecule has 0 atom stereocenters. The lowest BCUT2D eigenvalue weighted by molar-refractivity contribution is -0.116. The van der Waals surface area contributed by atoms with E-state index in [4.69, 9.17) is 9.47 Å². The Kier molecular flexibility index (Phi) is 5.63. The van der Waals surface area contributed by atoms with Gasteiger partial charge in [-0.1, -0.05) is 0 Å². The van der Waals surface area contributed by atoms with E-state index in [0.29, 0.717) is 31.3 Å². The van der Waals surface area contributed by atoms with Crippen molar-refractivity contribution in [3.63, 3.8) is 0 Å². The normalized spacial score (nSPS) is 12.8. The predicted octanol–water partition coefficient (Wildman–Crippen LogP) is 3.76. The molecule has 1 amide bonds. The second kappa shape index (κ2) is 7.90. The second-order valence-electron chi connectivity index (χ2n) is 5.07. The number of fused-ring (bicyclic) bond motifs is 1. The Morgan fingerprint density at radius 3 is 2.75 bits per heavy atom. The molecule has 0 spiro atoms.